The van der Waals surface area contributed by atoms with E-state index < -0.39 is 11.7 Å². The molecule has 0 N–H and O–H groups in total. The summed E-state index contributed by atoms with van der Waals surface area (Å²) in [6.07, 6.45) is -1.45. The van der Waals surface area contributed by atoms with E-state index >= 15 is 0 Å². The van der Waals surface area contributed by atoms with Crippen LogP contribution in [0.1, 0.15) is 30.4 Å². The third kappa shape index (κ3) is 4.51. The summed E-state index contributed by atoms with van der Waals surface area (Å²) in [6, 6.07) is 5.51. The van der Waals surface area contributed by atoms with E-state index in [-0.39, 0.29) is 22.9 Å². The number of urea groups is 1. The second-order valence-electron chi connectivity index (χ2n) is 9.63. The summed E-state index contributed by atoms with van der Waals surface area (Å²) in [5.74, 6) is 0.830. The van der Waals surface area contributed by atoms with Crippen LogP contribution >= 0.6 is 0 Å². The lowest BCUT2D eigenvalue weighted by Gasteiger charge is -2.44. The number of halogens is 3. The highest BCUT2D eigenvalue weighted by atomic mass is 19.4. The van der Waals surface area contributed by atoms with Crippen LogP contribution in [0.25, 0.3) is 0 Å². The third-order valence-corrected chi connectivity index (χ3v) is 6.95. The van der Waals surface area contributed by atoms with Crippen LogP contribution < -0.4 is 4.90 Å². The Morgan fingerprint density at radius 2 is 2.03 bits per heavy atom. The van der Waals surface area contributed by atoms with E-state index in [0.717, 1.165) is 12.5 Å². The van der Waals surface area contributed by atoms with Gasteiger partial charge in [0, 0.05) is 58.0 Å². The average molecular weight is 451 g/mol. The van der Waals surface area contributed by atoms with E-state index in [1.165, 1.54) is 18.9 Å². The highest BCUT2D eigenvalue weighted by Crippen LogP contribution is 2.45. The third-order valence-electron chi connectivity index (χ3n) is 6.95. The van der Waals surface area contributed by atoms with Gasteiger partial charge in [0.2, 0.25) is 0 Å². The maximum Gasteiger partial charge on any atom is 0.417 e. The van der Waals surface area contributed by atoms with E-state index in [1.807, 2.05) is 9.80 Å². The van der Waals surface area contributed by atoms with Gasteiger partial charge in [-0.05, 0) is 49.3 Å². The first-order chi connectivity index (χ1) is 15.1. The predicted molar refractivity (Wildman–Crippen MR) is 113 cm³/mol. The van der Waals surface area contributed by atoms with Gasteiger partial charge in [-0.2, -0.15) is 18.4 Å². The first kappa shape index (κ1) is 22.7. The number of carbonyl (C=O) groups is 1. The zero-order valence-electron chi connectivity index (χ0n) is 18.5. The number of fused-ring (bicyclic) bond motifs is 1. The van der Waals surface area contributed by atoms with E-state index in [2.05, 4.69) is 0 Å². The van der Waals surface area contributed by atoms with Crippen LogP contribution in [0, 0.1) is 28.6 Å². The largest absolute Gasteiger partial charge is 0.417 e. The number of alkyl halides is 3. The summed E-state index contributed by atoms with van der Waals surface area (Å²) < 4.78 is 46.6. The van der Waals surface area contributed by atoms with Crippen molar-refractivity contribution in [3.8, 4) is 6.07 Å². The number of anilines is 1. The number of likely N-dealkylation sites (tertiary alicyclic amines) is 1. The molecule has 2 amide bonds. The Balaban J connectivity index is 1.59. The second kappa shape index (κ2) is 8.47. The molecule has 1 aromatic rings. The van der Waals surface area contributed by atoms with Gasteiger partial charge in [0.15, 0.2) is 0 Å². The Hall–Kier alpha value is -2.47. The SMILES string of the molecule is CN(C)C(=O)N1CC[C@H]2CN(c3ccc(C#N)c(C(F)(F)F)c3)C[C@@]2(COCC2CC2)C1. The number of hydrogen-bond acceptors (Lipinski definition) is 4. The summed E-state index contributed by atoms with van der Waals surface area (Å²) in [5, 5.41) is 9.10. The fraction of sp³-hybridized carbons (Fsp3) is 0.652. The van der Waals surface area contributed by atoms with Crippen molar-refractivity contribution in [3.05, 3.63) is 29.3 Å². The lowest BCUT2D eigenvalue weighted by atomic mass is 9.74. The predicted octanol–water partition coefficient (Wildman–Crippen LogP) is 3.81. The highest BCUT2D eigenvalue weighted by Gasteiger charge is 2.51. The number of nitriles is 1. The van der Waals surface area contributed by atoms with Crippen LogP contribution in [0.2, 0.25) is 0 Å². The second-order valence-corrected chi connectivity index (χ2v) is 9.63. The zero-order chi connectivity index (χ0) is 23.1. The van der Waals surface area contributed by atoms with Crippen molar-refractivity contribution in [2.75, 3.05) is 58.4 Å². The summed E-state index contributed by atoms with van der Waals surface area (Å²) in [4.78, 5) is 18.0. The molecule has 0 aromatic heterocycles. The summed E-state index contributed by atoms with van der Waals surface area (Å²) in [6.45, 7) is 3.47. The van der Waals surface area contributed by atoms with Crippen molar-refractivity contribution in [2.24, 2.45) is 17.3 Å². The normalized spacial score (nSPS) is 25.4. The Morgan fingerprint density at radius 3 is 2.66 bits per heavy atom. The van der Waals surface area contributed by atoms with Gasteiger partial charge in [-0.15, -0.1) is 0 Å². The molecule has 1 aromatic carbocycles. The molecule has 174 valence electrons. The average Bonchev–Trinajstić information content (AvgIpc) is 3.49. The van der Waals surface area contributed by atoms with Gasteiger partial charge in [0.25, 0.3) is 0 Å². The lowest BCUT2D eigenvalue weighted by Crippen LogP contribution is -2.55. The molecule has 2 heterocycles. The molecule has 2 atom stereocenters. The van der Waals surface area contributed by atoms with Gasteiger partial charge < -0.3 is 19.4 Å². The topological polar surface area (TPSA) is 59.8 Å². The maximum atomic E-state index is 13.5. The minimum atomic E-state index is -4.59. The number of nitrogens with zero attached hydrogens (tertiary/aromatic N) is 4. The van der Waals surface area contributed by atoms with E-state index in [4.69, 9.17) is 10.00 Å². The number of carbonyl (C=O) groups excluding carboxylic acids is 1. The van der Waals surface area contributed by atoms with Crippen molar-refractivity contribution in [1.82, 2.24) is 9.80 Å². The number of amides is 2. The van der Waals surface area contributed by atoms with Gasteiger partial charge in [0.05, 0.1) is 23.8 Å². The van der Waals surface area contributed by atoms with E-state index in [1.54, 1.807) is 31.1 Å². The van der Waals surface area contributed by atoms with Gasteiger partial charge in [0.1, 0.15) is 0 Å². The molecule has 1 saturated carbocycles. The van der Waals surface area contributed by atoms with Crippen LogP contribution in [0.15, 0.2) is 18.2 Å². The van der Waals surface area contributed by atoms with Gasteiger partial charge in [-0.25, -0.2) is 4.79 Å². The molecule has 1 aliphatic carbocycles. The van der Waals surface area contributed by atoms with Crippen molar-refractivity contribution in [3.63, 3.8) is 0 Å². The lowest BCUT2D eigenvalue weighted by molar-refractivity contribution is -0.137. The molecule has 0 radical (unpaired) electrons. The Labute approximate surface area is 186 Å². The smallest absolute Gasteiger partial charge is 0.380 e. The molecule has 3 aliphatic rings. The molecule has 6 nitrogen and oxygen atoms in total. The van der Waals surface area contributed by atoms with Crippen LogP contribution in [-0.2, 0) is 10.9 Å². The first-order valence-electron chi connectivity index (χ1n) is 11.0. The maximum absolute atomic E-state index is 13.5. The number of ether oxygens (including phenoxy) is 1. The Kier molecular flexibility index (Phi) is 6.01. The van der Waals surface area contributed by atoms with E-state index in [9.17, 15) is 18.0 Å². The number of piperidine rings is 1. The molecule has 0 spiro atoms. The minimum absolute atomic E-state index is 0.0544. The van der Waals surface area contributed by atoms with Gasteiger partial charge in [-0.1, -0.05) is 0 Å². The molecule has 2 aliphatic heterocycles. The fourth-order valence-corrected chi connectivity index (χ4v) is 5.01. The van der Waals surface area contributed by atoms with Crippen molar-refractivity contribution < 1.29 is 22.7 Å². The molecule has 3 fully saturated rings. The Bertz CT molecular complexity index is 909. The monoisotopic (exact) mass is 450 g/mol. The molecule has 2 saturated heterocycles. The van der Waals surface area contributed by atoms with Gasteiger partial charge >= 0.3 is 12.2 Å². The molecule has 32 heavy (non-hydrogen) atoms. The molecule has 4 rings (SSSR count). The number of rotatable bonds is 5. The summed E-state index contributed by atoms with van der Waals surface area (Å²) in [5.41, 5.74) is -1.15. The standard InChI is InChI=1S/C23H29F3N4O2/c1-28(2)21(31)29-8-7-18-11-30(14-22(18,13-29)15-32-12-16-3-4-16)19-6-5-17(10-27)20(9-19)23(24,25)26/h5-6,9,16,18H,3-4,7-8,11-15H2,1-2H3/t18-,22+/m0/s1. The zero-order valence-corrected chi connectivity index (χ0v) is 18.5. The first-order valence-corrected chi connectivity index (χ1v) is 11.0. The molecular formula is C23H29F3N4O2. The Morgan fingerprint density at radius 1 is 1.28 bits per heavy atom. The molecule has 9 heteroatoms. The van der Waals surface area contributed by atoms with Crippen molar-refractivity contribution in [1.29, 1.82) is 5.26 Å². The number of benzene rings is 1. The molecular weight excluding hydrogens is 421 g/mol. The quantitative estimate of drug-likeness (QED) is 0.685. The summed E-state index contributed by atoms with van der Waals surface area (Å²) in [7, 11) is 3.45. The minimum Gasteiger partial charge on any atom is -0.380 e. The van der Waals surface area contributed by atoms with Crippen molar-refractivity contribution >= 4 is 11.7 Å². The highest BCUT2D eigenvalue weighted by molar-refractivity contribution is 5.74. The van der Waals surface area contributed by atoms with Crippen LogP contribution in [0.4, 0.5) is 23.7 Å². The summed E-state index contributed by atoms with van der Waals surface area (Å²) >= 11 is 0. The fourth-order valence-electron chi connectivity index (χ4n) is 5.01. The van der Waals surface area contributed by atoms with Gasteiger partial charge in [-0.3, -0.25) is 0 Å². The molecule has 0 bridgehead atoms. The van der Waals surface area contributed by atoms with Crippen LogP contribution in [0.3, 0.4) is 0 Å². The van der Waals surface area contributed by atoms with Crippen LogP contribution in [0.5, 0.6) is 0 Å². The van der Waals surface area contributed by atoms with Crippen LogP contribution in [-0.4, -0.2) is 69.3 Å². The van der Waals surface area contributed by atoms with Crippen molar-refractivity contribution in [2.45, 2.75) is 25.4 Å². The number of hydrogen-bond donors (Lipinski definition) is 0. The molecule has 0 unspecified atom stereocenters. The van der Waals surface area contributed by atoms with E-state index in [0.29, 0.717) is 51.0 Å².